The molecule has 1 amide bonds. The van der Waals surface area contributed by atoms with E-state index in [1.807, 2.05) is 60.7 Å². The summed E-state index contributed by atoms with van der Waals surface area (Å²) in [6.45, 7) is 1.77. The minimum Gasteiger partial charge on any atom is -0.339 e. The molecule has 0 bridgehead atoms. The first kappa shape index (κ1) is 25.8. The highest BCUT2D eigenvalue weighted by Gasteiger charge is 2.34. The molecule has 0 radical (unpaired) electrons. The number of para-hydroxylation sites is 1. The Morgan fingerprint density at radius 2 is 1.62 bits per heavy atom. The lowest BCUT2D eigenvalue weighted by Crippen LogP contribution is -2.56. The van der Waals surface area contributed by atoms with Gasteiger partial charge >= 0.3 is 0 Å². The smallest absolute Gasteiger partial charge is 0.295 e. The van der Waals surface area contributed by atoms with Gasteiger partial charge in [0.15, 0.2) is 5.11 Å². The van der Waals surface area contributed by atoms with Crippen molar-refractivity contribution in [3.63, 3.8) is 0 Å². The van der Waals surface area contributed by atoms with E-state index >= 15 is 0 Å². The summed E-state index contributed by atoms with van der Waals surface area (Å²) < 4.78 is 1.27. The minimum absolute atomic E-state index is 0.00493. The Labute approximate surface area is 217 Å². The van der Waals surface area contributed by atoms with Crippen LogP contribution in [-0.4, -0.2) is 30.3 Å². The van der Waals surface area contributed by atoms with Crippen molar-refractivity contribution in [3.05, 3.63) is 88.4 Å². The number of benzene rings is 2. The molecule has 0 aliphatic rings. The van der Waals surface area contributed by atoms with Gasteiger partial charge in [-0.15, -0.1) is 0 Å². The van der Waals surface area contributed by atoms with E-state index in [1.165, 1.54) is 10.8 Å². The average molecular weight is 539 g/mol. The van der Waals surface area contributed by atoms with Crippen LogP contribution in [0.5, 0.6) is 0 Å². The first-order valence-electron chi connectivity index (χ1n) is 10.1. The molecule has 2 aromatic carbocycles. The summed E-state index contributed by atoms with van der Waals surface area (Å²) in [5, 5.41) is 8.18. The summed E-state index contributed by atoms with van der Waals surface area (Å²) in [5.41, 5.74) is 2.11. The molecule has 3 aromatic rings. The number of hydrogen-bond donors (Lipinski definition) is 3. The number of thiocarbonyl (C=S) groups is 1. The number of halogens is 3. The SMILES string of the molecule is Cc1c(NC(=S)N[C@@H](NC(=O)/C=C\c2ccccc2)C(Cl)(Cl)Cl)c(=O)n(-c2ccccc2)n1C. The van der Waals surface area contributed by atoms with Gasteiger partial charge in [-0.05, 0) is 42.9 Å². The molecule has 0 spiro atoms. The molecule has 0 fully saturated rings. The number of rotatable bonds is 6. The van der Waals surface area contributed by atoms with Gasteiger partial charge in [-0.2, -0.15) is 0 Å². The number of carbonyl (C=O) groups is 1. The van der Waals surface area contributed by atoms with E-state index in [0.29, 0.717) is 11.4 Å². The van der Waals surface area contributed by atoms with Crippen molar-refractivity contribution >= 4 is 69.8 Å². The number of aromatic nitrogens is 2. The van der Waals surface area contributed by atoms with E-state index in [2.05, 4.69) is 16.0 Å². The molecule has 1 heterocycles. The van der Waals surface area contributed by atoms with Crippen molar-refractivity contribution < 1.29 is 4.79 Å². The first-order chi connectivity index (χ1) is 16.1. The van der Waals surface area contributed by atoms with E-state index < -0.39 is 15.9 Å². The van der Waals surface area contributed by atoms with Gasteiger partial charge in [0.25, 0.3) is 5.56 Å². The maximum atomic E-state index is 13.1. The molecule has 0 saturated carbocycles. The van der Waals surface area contributed by atoms with E-state index in [-0.39, 0.29) is 16.4 Å². The fourth-order valence-electron chi connectivity index (χ4n) is 3.12. The molecule has 1 atom stereocenters. The Balaban J connectivity index is 1.74. The number of nitrogens with zero attached hydrogens (tertiary/aromatic N) is 2. The molecule has 3 rings (SSSR count). The summed E-state index contributed by atoms with van der Waals surface area (Å²) in [6, 6.07) is 18.4. The zero-order chi connectivity index (χ0) is 24.9. The second-order valence-electron chi connectivity index (χ2n) is 7.26. The number of carbonyl (C=O) groups excluding carboxylic acids is 1. The molecule has 3 N–H and O–H groups in total. The summed E-state index contributed by atoms with van der Waals surface area (Å²) in [4.78, 5) is 25.5. The van der Waals surface area contributed by atoms with Crippen LogP contribution < -0.4 is 21.5 Å². The number of alkyl halides is 3. The zero-order valence-electron chi connectivity index (χ0n) is 18.3. The lowest BCUT2D eigenvalue weighted by molar-refractivity contribution is -0.117. The summed E-state index contributed by atoms with van der Waals surface area (Å²) in [5.74, 6) is -0.502. The van der Waals surface area contributed by atoms with Crippen LogP contribution >= 0.6 is 47.0 Å². The highest BCUT2D eigenvalue weighted by Crippen LogP contribution is 2.29. The molecular weight excluding hydrogens is 517 g/mol. The third-order valence-corrected chi connectivity index (χ3v) is 5.78. The number of amides is 1. The first-order valence-corrected chi connectivity index (χ1v) is 11.6. The Kier molecular flexibility index (Phi) is 8.43. The maximum Gasteiger partial charge on any atom is 0.295 e. The number of hydrogen-bond acceptors (Lipinski definition) is 3. The molecule has 0 aliphatic carbocycles. The second kappa shape index (κ2) is 11.1. The van der Waals surface area contributed by atoms with Crippen LogP contribution in [0.2, 0.25) is 0 Å². The van der Waals surface area contributed by atoms with Gasteiger partial charge in [-0.25, -0.2) is 4.68 Å². The average Bonchev–Trinajstić information content (AvgIpc) is 3.01. The van der Waals surface area contributed by atoms with Gasteiger partial charge < -0.3 is 16.0 Å². The van der Waals surface area contributed by atoms with Gasteiger partial charge in [0.05, 0.1) is 11.4 Å². The second-order valence-corrected chi connectivity index (χ2v) is 10.0. The Morgan fingerprint density at radius 1 is 1.03 bits per heavy atom. The van der Waals surface area contributed by atoms with E-state index in [9.17, 15) is 9.59 Å². The topological polar surface area (TPSA) is 80.1 Å². The monoisotopic (exact) mass is 537 g/mol. The Bertz CT molecular complexity index is 1250. The summed E-state index contributed by atoms with van der Waals surface area (Å²) >= 11 is 23.5. The van der Waals surface area contributed by atoms with Crippen molar-refractivity contribution in [1.29, 1.82) is 0 Å². The fourth-order valence-corrected chi connectivity index (χ4v) is 3.67. The molecule has 34 heavy (non-hydrogen) atoms. The predicted molar refractivity (Wildman–Crippen MR) is 143 cm³/mol. The Morgan fingerprint density at radius 3 is 2.21 bits per heavy atom. The van der Waals surface area contributed by atoms with Crippen molar-refractivity contribution in [2.45, 2.75) is 16.9 Å². The third kappa shape index (κ3) is 6.42. The summed E-state index contributed by atoms with van der Waals surface area (Å²) in [7, 11) is 1.76. The van der Waals surface area contributed by atoms with Gasteiger partial charge in [-0.3, -0.25) is 14.3 Å². The van der Waals surface area contributed by atoms with Gasteiger partial charge in [0.2, 0.25) is 9.70 Å². The zero-order valence-corrected chi connectivity index (χ0v) is 21.3. The number of anilines is 1. The van der Waals surface area contributed by atoms with Crippen LogP contribution in [0.15, 0.2) is 71.5 Å². The molecule has 7 nitrogen and oxygen atoms in total. The fraction of sp³-hybridized carbons (Fsp3) is 0.174. The van der Waals surface area contributed by atoms with Crippen LogP contribution in [0.3, 0.4) is 0 Å². The van der Waals surface area contributed by atoms with Crippen LogP contribution in [0, 0.1) is 6.92 Å². The van der Waals surface area contributed by atoms with Crippen molar-refractivity contribution in [2.24, 2.45) is 7.05 Å². The van der Waals surface area contributed by atoms with Gasteiger partial charge in [-0.1, -0.05) is 83.3 Å². The molecule has 11 heteroatoms. The van der Waals surface area contributed by atoms with Gasteiger partial charge in [0.1, 0.15) is 11.9 Å². The van der Waals surface area contributed by atoms with Crippen LogP contribution in [0.25, 0.3) is 11.8 Å². The van der Waals surface area contributed by atoms with Crippen molar-refractivity contribution in [3.8, 4) is 5.69 Å². The molecule has 0 aliphatic heterocycles. The Hall–Kier alpha value is -2.78. The van der Waals surface area contributed by atoms with E-state index in [1.54, 1.807) is 24.7 Å². The molecule has 178 valence electrons. The molecule has 1 aromatic heterocycles. The minimum atomic E-state index is -1.93. The van der Waals surface area contributed by atoms with Crippen LogP contribution in [0.4, 0.5) is 5.69 Å². The lowest BCUT2D eigenvalue weighted by Gasteiger charge is -2.27. The normalized spacial score (nSPS) is 12.4. The van der Waals surface area contributed by atoms with E-state index in [0.717, 1.165) is 5.56 Å². The highest BCUT2D eigenvalue weighted by atomic mass is 35.6. The lowest BCUT2D eigenvalue weighted by atomic mass is 10.2. The van der Waals surface area contributed by atoms with Crippen molar-refractivity contribution in [2.75, 3.05) is 5.32 Å². The van der Waals surface area contributed by atoms with Crippen LogP contribution in [0.1, 0.15) is 11.3 Å². The quantitative estimate of drug-likeness (QED) is 0.189. The van der Waals surface area contributed by atoms with E-state index in [4.69, 9.17) is 47.0 Å². The standard InChI is InChI=1S/C23H22Cl3N5O2S/c1-15-19(20(33)31(30(15)2)17-11-7-4-8-12-17)28-22(34)29-21(23(24,25)26)27-18(32)14-13-16-9-5-3-6-10-16/h3-14,21H,1-2H3,(H,27,32)(H2,28,29,34)/b14-13-/t21-/m1/s1. The van der Waals surface area contributed by atoms with Crippen LogP contribution in [-0.2, 0) is 11.8 Å². The largest absolute Gasteiger partial charge is 0.339 e. The highest BCUT2D eigenvalue weighted by molar-refractivity contribution is 7.80. The third-order valence-electron chi connectivity index (χ3n) is 4.91. The summed E-state index contributed by atoms with van der Waals surface area (Å²) in [6.07, 6.45) is 1.77. The van der Waals surface area contributed by atoms with Gasteiger partial charge in [0, 0.05) is 13.1 Å². The number of nitrogens with one attached hydrogen (secondary N) is 3. The maximum absolute atomic E-state index is 13.1. The molecule has 0 unspecified atom stereocenters. The predicted octanol–water partition coefficient (Wildman–Crippen LogP) is 4.30. The molecular formula is C23H22Cl3N5O2S. The molecule has 0 saturated heterocycles. The van der Waals surface area contributed by atoms with Crippen molar-refractivity contribution in [1.82, 2.24) is 20.0 Å².